The number of carbonyl (C=O) groups excluding carboxylic acids is 1. The summed E-state index contributed by atoms with van der Waals surface area (Å²) in [5, 5.41) is 9.00. The maximum absolute atomic E-state index is 11.6. The molecule has 0 spiro atoms. The average molecular weight is 315 g/mol. The fourth-order valence-corrected chi connectivity index (χ4v) is 3.29. The molecule has 0 N–H and O–H groups in total. The van der Waals surface area contributed by atoms with Gasteiger partial charge in [0.2, 0.25) is 6.61 Å². The van der Waals surface area contributed by atoms with E-state index in [1.165, 1.54) is 5.56 Å². The summed E-state index contributed by atoms with van der Waals surface area (Å²) in [6.45, 7) is 1.98. The van der Waals surface area contributed by atoms with Crippen molar-refractivity contribution in [2.45, 2.75) is 32.6 Å². The molecule has 120 valence electrons. The smallest absolute Gasteiger partial charge is 0.346 e. The Morgan fingerprint density at radius 1 is 1.30 bits per heavy atom. The molecule has 0 amide bonds. The molecule has 0 fully saturated rings. The van der Waals surface area contributed by atoms with Crippen molar-refractivity contribution in [2.75, 3.05) is 13.2 Å². The third-order valence-corrected chi connectivity index (χ3v) is 4.23. The summed E-state index contributed by atoms with van der Waals surface area (Å²) in [4.78, 5) is 17.4. The van der Waals surface area contributed by atoms with Crippen LogP contribution in [-0.4, -0.2) is 34.2 Å². The largest absolute Gasteiger partial charge is 0.463 e. The van der Waals surface area contributed by atoms with Crippen LogP contribution in [0.5, 0.6) is 0 Å². The number of aryl methyl sites for hydroxylation is 1. The fourth-order valence-electron chi connectivity index (χ4n) is 3.29. The molecule has 0 saturated carbocycles. The quantitative estimate of drug-likeness (QED) is 0.686. The molecule has 0 aliphatic heterocycles. The fraction of sp³-hybridized carbons (Fsp3) is 0.438. The number of esters is 1. The second-order valence-electron chi connectivity index (χ2n) is 5.60. The first-order valence-corrected chi connectivity index (χ1v) is 7.86. The Labute approximate surface area is 132 Å². The molecule has 7 nitrogen and oxygen atoms in total. The highest BCUT2D eigenvalue weighted by Crippen LogP contribution is 2.34. The zero-order chi connectivity index (χ0) is 15.8. The monoisotopic (exact) mass is 315 g/mol. The molecule has 0 unspecified atom stereocenters. The van der Waals surface area contributed by atoms with Crippen LogP contribution in [-0.2, 0) is 22.4 Å². The number of aromatic nitrogens is 3. The minimum atomic E-state index is -0.385. The van der Waals surface area contributed by atoms with Gasteiger partial charge < -0.3 is 9.57 Å². The number of hydrogen-bond acceptors (Lipinski definition) is 6. The van der Waals surface area contributed by atoms with E-state index < -0.39 is 0 Å². The van der Waals surface area contributed by atoms with Gasteiger partial charge in [0.05, 0.1) is 12.3 Å². The van der Waals surface area contributed by atoms with Gasteiger partial charge in [0, 0.05) is 5.39 Å². The molecule has 3 aromatic rings. The molecule has 1 aromatic carbocycles. The molecule has 2 aromatic heterocycles. The van der Waals surface area contributed by atoms with Crippen LogP contribution in [0.2, 0.25) is 0 Å². The number of carbonyl (C=O) groups is 1. The summed E-state index contributed by atoms with van der Waals surface area (Å²) in [6, 6.07) is 3.93. The first-order valence-electron chi connectivity index (χ1n) is 7.86. The van der Waals surface area contributed by atoms with Gasteiger partial charge in [0.15, 0.2) is 5.52 Å². The highest BCUT2D eigenvalue weighted by Gasteiger charge is 2.24. The van der Waals surface area contributed by atoms with Crippen molar-refractivity contribution >= 4 is 27.9 Å². The number of nitrogens with zero attached hydrogens (tertiary/aromatic N) is 3. The summed E-state index contributed by atoms with van der Waals surface area (Å²) in [7, 11) is 0. The summed E-state index contributed by atoms with van der Waals surface area (Å²) >= 11 is 0. The predicted molar refractivity (Wildman–Crippen MR) is 82.0 cm³/mol. The van der Waals surface area contributed by atoms with Crippen LogP contribution in [0.1, 0.15) is 31.0 Å². The van der Waals surface area contributed by atoms with Crippen molar-refractivity contribution in [3.05, 3.63) is 23.4 Å². The predicted octanol–water partition coefficient (Wildman–Crippen LogP) is 2.05. The van der Waals surface area contributed by atoms with E-state index >= 15 is 0 Å². The van der Waals surface area contributed by atoms with Gasteiger partial charge in [-0.05, 0) is 60.6 Å². The molecule has 1 aliphatic rings. The van der Waals surface area contributed by atoms with E-state index in [1.54, 1.807) is 11.7 Å². The van der Waals surface area contributed by atoms with Crippen LogP contribution in [0, 0.1) is 0 Å². The van der Waals surface area contributed by atoms with E-state index in [1.807, 2.05) is 12.1 Å². The van der Waals surface area contributed by atoms with Gasteiger partial charge in [-0.2, -0.15) is 4.73 Å². The lowest BCUT2D eigenvalue weighted by Gasteiger charge is -2.15. The number of benzene rings is 1. The lowest BCUT2D eigenvalue weighted by molar-refractivity contribution is -0.148. The van der Waals surface area contributed by atoms with Crippen molar-refractivity contribution < 1.29 is 19.0 Å². The van der Waals surface area contributed by atoms with Crippen molar-refractivity contribution in [3.63, 3.8) is 0 Å². The van der Waals surface area contributed by atoms with Gasteiger partial charge in [0.25, 0.3) is 0 Å². The van der Waals surface area contributed by atoms with Crippen LogP contribution in [0.4, 0.5) is 0 Å². The minimum Gasteiger partial charge on any atom is -0.463 e. The van der Waals surface area contributed by atoms with E-state index in [0.29, 0.717) is 17.6 Å². The molecular weight excluding hydrogens is 298 g/mol. The van der Waals surface area contributed by atoms with Gasteiger partial charge in [-0.3, -0.25) is 0 Å². The molecular formula is C16H17N3O4. The Bertz CT molecular complexity index is 880. The van der Waals surface area contributed by atoms with E-state index in [2.05, 4.69) is 10.3 Å². The summed E-state index contributed by atoms with van der Waals surface area (Å²) in [6.07, 6.45) is 4.17. The normalized spacial score (nSPS) is 14.1. The lowest BCUT2D eigenvalue weighted by atomic mass is 9.95. The summed E-state index contributed by atoms with van der Waals surface area (Å²) in [5.41, 5.74) is 4.51. The molecule has 23 heavy (non-hydrogen) atoms. The average Bonchev–Trinajstić information content (AvgIpc) is 3.15. The van der Waals surface area contributed by atoms with Crippen LogP contribution >= 0.6 is 0 Å². The van der Waals surface area contributed by atoms with Gasteiger partial charge in [-0.15, -0.1) is 0 Å². The third-order valence-electron chi connectivity index (χ3n) is 4.23. The van der Waals surface area contributed by atoms with Gasteiger partial charge in [-0.25, -0.2) is 9.42 Å². The third kappa shape index (κ3) is 2.23. The van der Waals surface area contributed by atoms with E-state index in [9.17, 15) is 4.79 Å². The standard InChI is InChI=1S/C16H17N3O4/c1-2-21-14(20)9-22-19-13-6-4-3-5-10(13)11-7-8-12-15(16(11)19)18-23-17-12/h7-8H,2-6,9H2,1H3. The van der Waals surface area contributed by atoms with Gasteiger partial charge in [0.1, 0.15) is 11.0 Å². The maximum Gasteiger partial charge on any atom is 0.346 e. The second-order valence-corrected chi connectivity index (χ2v) is 5.60. The molecule has 1 aliphatic carbocycles. The lowest BCUT2D eigenvalue weighted by Crippen LogP contribution is -2.24. The highest BCUT2D eigenvalue weighted by atomic mass is 16.7. The molecule has 7 heteroatoms. The second kappa shape index (κ2) is 5.57. The molecule has 2 heterocycles. The zero-order valence-electron chi connectivity index (χ0n) is 12.9. The van der Waals surface area contributed by atoms with E-state index in [4.69, 9.17) is 14.2 Å². The van der Waals surface area contributed by atoms with Crippen molar-refractivity contribution in [1.29, 1.82) is 0 Å². The zero-order valence-corrected chi connectivity index (χ0v) is 12.9. The molecule has 0 saturated heterocycles. The summed E-state index contributed by atoms with van der Waals surface area (Å²) in [5.74, 6) is -0.385. The van der Waals surface area contributed by atoms with E-state index in [0.717, 1.165) is 42.3 Å². The van der Waals surface area contributed by atoms with Gasteiger partial charge in [-0.1, -0.05) is 0 Å². The van der Waals surface area contributed by atoms with Crippen molar-refractivity contribution in [3.8, 4) is 0 Å². The molecule has 0 bridgehead atoms. The Morgan fingerprint density at radius 3 is 3.04 bits per heavy atom. The maximum atomic E-state index is 11.6. The van der Waals surface area contributed by atoms with Crippen molar-refractivity contribution in [1.82, 2.24) is 15.0 Å². The highest BCUT2D eigenvalue weighted by molar-refractivity contribution is 6.03. The molecule has 0 atom stereocenters. The van der Waals surface area contributed by atoms with Crippen molar-refractivity contribution in [2.24, 2.45) is 0 Å². The molecule has 4 rings (SSSR count). The minimum absolute atomic E-state index is 0.133. The summed E-state index contributed by atoms with van der Waals surface area (Å²) < 4.78 is 11.5. The van der Waals surface area contributed by atoms with E-state index in [-0.39, 0.29) is 12.6 Å². The topological polar surface area (TPSA) is 79.4 Å². The first-order chi connectivity index (χ1) is 11.3. The number of fused-ring (bicyclic) bond motifs is 5. The van der Waals surface area contributed by atoms with Crippen LogP contribution in [0.15, 0.2) is 16.8 Å². The van der Waals surface area contributed by atoms with Gasteiger partial charge >= 0.3 is 5.97 Å². The Hall–Kier alpha value is -2.57. The first kappa shape index (κ1) is 14.0. The Kier molecular flexibility index (Phi) is 3.40. The van der Waals surface area contributed by atoms with Crippen LogP contribution < -0.4 is 4.84 Å². The number of ether oxygens (including phenoxy) is 1. The molecule has 0 radical (unpaired) electrons. The van der Waals surface area contributed by atoms with Crippen LogP contribution in [0.3, 0.4) is 0 Å². The SMILES string of the molecule is CCOC(=O)COn1c2c(c3ccc4nonc4c31)CCCC2. The number of hydrogen-bond donors (Lipinski definition) is 0. The Balaban J connectivity index is 1.86. The Morgan fingerprint density at radius 2 is 2.17 bits per heavy atom. The number of rotatable bonds is 4. The van der Waals surface area contributed by atoms with Crippen LogP contribution in [0.25, 0.3) is 21.9 Å².